The maximum atomic E-state index is 11.7. The van der Waals surface area contributed by atoms with Crippen molar-refractivity contribution in [2.24, 2.45) is 5.92 Å². The second-order valence-electron chi connectivity index (χ2n) is 5.78. The molecule has 0 spiro atoms. The number of alkyl carbamates (subject to hydrolysis) is 1. The molecule has 0 fully saturated rings. The maximum absolute atomic E-state index is 11.7. The molecule has 0 radical (unpaired) electrons. The molecule has 1 atom stereocenters. The van der Waals surface area contributed by atoms with Crippen LogP contribution in [0.2, 0.25) is 0 Å². The van der Waals surface area contributed by atoms with Gasteiger partial charge in [0.05, 0.1) is 0 Å². The third-order valence-electron chi connectivity index (χ3n) is 1.96. The molecule has 0 rings (SSSR count). The summed E-state index contributed by atoms with van der Waals surface area (Å²) in [6.07, 6.45) is 0.414. The molecule has 0 aliphatic carbocycles. The monoisotopic (exact) mass is 275 g/mol. The van der Waals surface area contributed by atoms with Gasteiger partial charge in [0.1, 0.15) is 5.60 Å². The molecule has 0 saturated carbocycles. The molecule has 0 heterocycles. The summed E-state index contributed by atoms with van der Waals surface area (Å²) >= 11 is 1.23. The van der Waals surface area contributed by atoms with E-state index in [2.05, 4.69) is 19.2 Å². The molecule has 1 N–H and O–H groups in total. The lowest BCUT2D eigenvalue weighted by Gasteiger charge is -2.24. The van der Waals surface area contributed by atoms with E-state index in [9.17, 15) is 9.59 Å². The molecular weight excluding hydrogens is 250 g/mol. The molecule has 1 amide bonds. The van der Waals surface area contributed by atoms with Crippen LogP contribution in [0.1, 0.15) is 48.0 Å². The lowest BCUT2D eigenvalue weighted by Crippen LogP contribution is -2.41. The highest BCUT2D eigenvalue weighted by Crippen LogP contribution is 2.13. The van der Waals surface area contributed by atoms with Gasteiger partial charge in [0.15, 0.2) is 5.12 Å². The van der Waals surface area contributed by atoms with Crippen LogP contribution in [0.15, 0.2) is 0 Å². The predicted molar refractivity (Wildman–Crippen MR) is 75.8 cm³/mol. The molecule has 0 aliphatic heterocycles. The average molecular weight is 275 g/mol. The minimum atomic E-state index is -0.500. The van der Waals surface area contributed by atoms with Crippen LogP contribution in [0.25, 0.3) is 0 Å². The van der Waals surface area contributed by atoms with Crippen molar-refractivity contribution in [1.29, 1.82) is 0 Å². The van der Waals surface area contributed by atoms with Gasteiger partial charge in [0.2, 0.25) is 0 Å². The molecule has 0 aromatic rings. The molecule has 0 aliphatic rings. The fraction of sp³-hybridized carbons (Fsp3) is 0.846. The van der Waals surface area contributed by atoms with Crippen LogP contribution in [-0.4, -0.2) is 28.6 Å². The summed E-state index contributed by atoms with van der Waals surface area (Å²) in [6, 6.07) is -0.0336. The number of ether oxygens (including phenoxy) is 1. The quantitative estimate of drug-likeness (QED) is 0.837. The van der Waals surface area contributed by atoms with Crippen LogP contribution in [-0.2, 0) is 9.53 Å². The summed E-state index contributed by atoms with van der Waals surface area (Å²) in [5, 5.41) is 2.89. The first-order valence-electron chi connectivity index (χ1n) is 6.23. The van der Waals surface area contributed by atoms with Gasteiger partial charge in [-0.05, 0) is 33.1 Å². The van der Waals surface area contributed by atoms with Gasteiger partial charge < -0.3 is 10.1 Å². The van der Waals surface area contributed by atoms with Crippen LogP contribution >= 0.6 is 11.8 Å². The zero-order valence-corrected chi connectivity index (χ0v) is 13.0. The van der Waals surface area contributed by atoms with Crippen LogP contribution in [0.4, 0.5) is 4.79 Å². The number of amides is 1. The molecule has 0 aromatic carbocycles. The van der Waals surface area contributed by atoms with Gasteiger partial charge in [0, 0.05) is 18.7 Å². The molecule has 0 aromatic heterocycles. The Morgan fingerprint density at radius 1 is 1.28 bits per heavy atom. The molecule has 0 saturated heterocycles. The summed E-state index contributed by atoms with van der Waals surface area (Å²) in [7, 11) is 0. The fourth-order valence-corrected chi connectivity index (χ4v) is 2.09. The first-order valence-corrected chi connectivity index (χ1v) is 7.21. The van der Waals surface area contributed by atoms with E-state index in [1.165, 1.54) is 18.7 Å². The van der Waals surface area contributed by atoms with Crippen molar-refractivity contribution in [3.63, 3.8) is 0 Å². The Hall–Kier alpha value is -0.710. The van der Waals surface area contributed by atoms with E-state index in [1.54, 1.807) is 0 Å². The third-order valence-corrected chi connectivity index (χ3v) is 2.94. The summed E-state index contributed by atoms with van der Waals surface area (Å²) < 4.78 is 5.21. The Bertz CT molecular complexity index is 284. The topological polar surface area (TPSA) is 55.4 Å². The lowest BCUT2D eigenvalue weighted by molar-refractivity contribution is -0.109. The Balaban J connectivity index is 4.30. The van der Waals surface area contributed by atoms with E-state index in [4.69, 9.17) is 4.74 Å². The molecule has 1 unspecified atom stereocenters. The van der Waals surface area contributed by atoms with E-state index in [0.29, 0.717) is 11.7 Å². The summed E-state index contributed by atoms with van der Waals surface area (Å²) in [5.41, 5.74) is -0.500. The van der Waals surface area contributed by atoms with E-state index in [0.717, 1.165) is 6.42 Å². The van der Waals surface area contributed by atoms with Gasteiger partial charge in [-0.15, -0.1) is 0 Å². The highest BCUT2D eigenvalue weighted by atomic mass is 32.2. The second kappa shape index (κ2) is 7.67. The van der Waals surface area contributed by atoms with Gasteiger partial charge in [-0.25, -0.2) is 4.79 Å². The van der Waals surface area contributed by atoms with Gasteiger partial charge in [-0.2, -0.15) is 0 Å². The first kappa shape index (κ1) is 17.3. The number of carbonyl (C=O) groups is 2. The standard InChI is InChI=1S/C13H25NO3S/c1-9(2)7-11(8-18-10(3)15)14-12(16)17-13(4,5)6/h9,11H,7-8H2,1-6H3,(H,14,16). The minimum absolute atomic E-state index is 0.0336. The van der Waals surface area contributed by atoms with Crippen molar-refractivity contribution >= 4 is 23.0 Å². The Morgan fingerprint density at radius 3 is 2.22 bits per heavy atom. The molecule has 0 bridgehead atoms. The Morgan fingerprint density at radius 2 is 1.83 bits per heavy atom. The second-order valence-corrected chi connectivity index (χ2v) is 6.97. The lowest BCUT2D eigenvalue weighted by atomic mass is 10.1. The molecular formula is C13H25NO3S. The first-order chi connectivity index (χ1) is 8.10. The zero-order chi connectivity index (χ0) is 14.3. The maximum Gasteiger partial charge on any atom is 0.407 e. The SMILES string of the molecule is CC(=O)SCC(CC(C)C)NC(=O)OC(C)(C)C. The van der Waals surface area contributed by atoms with E-state index in [-0.39, 0.29) is 11.2 Å². The highest BCUT2D eigenvalue weighted by molar-refractivity contribution is 8.13. The number of thioether (sulfide) groups is 1. The van der Waals surface area contributed by atoms with Gasteiger partial charge >= 0.3 is 6.09 Å². The Labute approximate surface area is 114 Å². The number of hydrogen-bond donors (Lipinski definition) is 1. The molecule has 18 heavy (non-hydrogen) atoms. The Kier molecular flexibility index (Phi) is 7.36. The molecule has 5 heteroatoms. The zero-order valence-electron chi connectivity index (χ0n) is 12.2. The summed E-state index contributed by atoms with van der Waals surface area (Å²) in [6.45, 7) is 11.2. The van der Waals surface area contributed by atoms with Crippen LogP contribution < -0.4 is 5.32 Å². The number of rotatable bonds is 5. The number of hydrogen-bond acceptors (Lipinski definition) is 4. The highest BCUT2D eigenvalue weighted by Gasteiger charge is 2.20. The number of carbonyl (C=O) groups excluding carboxylic acids is 2. The minimum Gasteiger partial charge on any atom is -0.444 e. The average Bonchev–Trinajstić information content (AvgIpc) is 2.09. The van der Waals surface area contributed by atoms with Crippen LogP contribution in [0.3, 0.4) is 0 Å². The smallest absolute Gasteiger partial charge is 0.407 e. The third kappa shape index (κ3) is 10.4. The van der Waals surface area contributed by atoms with Crippen molar-refractivity contribution in [3.05, 3.63) is 0 Å². The van der Waals surface area contributed by atoms with E-state index < -0.39 is 11.7 Å². The normalized spacial score (nSPS) is 13.3. The van der Waals surface area contributed by atoms with Crippen LogP contribution in [0, 0.1) is 5.92 Å². The van der Waals surface area contributed by atoms with Crippen molar-refractivity contribution in [2.75, 3.05) is 5.75 Å². The van der Waals surface area contributed by atoms with Crippen molar-refractivity contribution in [2.45, 2.75) is 59.6 Å². The van der Waals surface area contributed by atoms with E-state index in [1.807, 2.05) is 20.8 Å². The van der Waals surface area contributed by atoms with Crippen molar-refractivity contribution in [3.8, 4) is 0 Å². The van der Waals surface area contributed by atoms with Gasteiger partial charge in [-0.1, -0.05) is 25.6 Å². The van der Waals surface area contributed by atoms with Crippen LogP contribution in [0.5, 0.6) is 0 Å². The predicted octanol–water partition coefficient (Wildman–Crippen LogP) is 3.21. The fourth-order valence-electron chi connectivity index (χ4n) is 1.43. The summed E-state index contributed by atoms with van der Waals surface area (Å²) in [4.78, 5) is 22.6. The van der Waals surface area contributed by atoms with Gasteiger partial charge in [0.25, 0.3) is 0 Å². The van der Waals surface area contributed by atoms with Crippen molar-refractivity contribution in [1.82, 2.24) is 5.32 Å². The summed E-state index contributed by atoms with van der Waals surface area (Å²) in [5.74, 6) is 1.05. The molecule has 4 nitrogen and oxygen atoms in total. The van der Waals surface area contributed by atoms with E-state index >= 15 is 0 Å². The molecule has 106 valence electrons. The number of nitrogens with one attached hydrogen (secondary N) is 1. The van der Waals surface area contributed by atoms with Gasteiger partial charge in [-0.3, -0.25) is 4.79 Å². The largest absolute Gasteiger partial charge is 0.444 e. The van der Waals surface area contributed by atoms with Crippen molar-refractivity contribution < 1.29 is 14.3 Å².